The predicted molar refractivity (Wildman–Crippen MR) is 78.5 cm³/mol. The van der Waals surface area contributed by atoms with Gasteiger partial charge in [0.1, 0.15) is 0 Å². The van der Waals surface area contributed by atoms with Crippen molar-refractivity contribution >= 4 is 40.1 Å². The summed E-state index contributed by atoms with van der Waals surface area (Å²) in [6, 6.07) is 5.86. The van der Waals surface area contributed by atoms with Gasteiger partial charge < -0.3 is 4.90 Å². The molecule has 0 saturated carbocycles. The maximum Gasteiger partial charge on any atom is 0.254 e. The van der Waals surface area contributed by atoms with Crippen LogP contribution in [0.3, 0.4) is 0 Å². The number of carbonyl (C=O) groups excluding carboxylic acids is 1. The van der Waals surface area contributed by atoms with Gasteiger partial charge in [-0.1, -0.05) is 11.6 Å². The number of hydrogen-bond donors (Lipinski definition) is 0. The third kappa shape index (κ3) is 2.94. The fraction of sp³-hybridized carbons (Fsp3) is 0.462. The van der Waals surface area contributed by atoms with Gasteiger partial charge in [-0.2, -0.15) is 0 Å². The Morgan fingerprint density at radius 3 is 2.88 bits per heavy atom. The van der Waals surface area contributed by atoms with E-state index in [1.165, 1.54) is 6.42 Å². The Kier molecular flexibility index (Phi) is 4.31. The summed E-state index contributed by atoms with van der Waals surface area (Å²) >= 11 is 8.22. The van der Waals surface area contributed by atoms with Gasteiger partial charge in [0.15, 0.2) is 0 Å². The fourth-order valence-corrected chi connectivity index (χ4v) is 2.71. The molecule has 1 aromatic carbocycles. The van der Waals surface area contributed by atoms with Crippen LogP contribution in [-0.2, 0) is 0 Å². The summed E-state index contributed by atoms with van der Waals surface area (Å²) in [6.07, 6.45) is 3.43. The normalized spacial score (nSPS) is 20.4. The maximum atomic E-state index is 12.3. The van der Waals surface area contributed by atoms with E-state index >= 15 is 0 Å². The molecule has 0 aliphatic carbocycles. The van der Waals surface area contributed by atoms with Gasteiger partial charge in [0.25, 0.3) is 5.91 Å². The molecule has 1 aliphatic heterocycles. The lowest BCUT2D eigenvalue weighted by molar-refractivity contribution is 0.0635. The second kappa shape index (κ2) is 5.57. The molecule has 1 unspecified atom stereocenters. The molecular formula is C13H15ClINO. The Bertz CT molecular complexity index is 435. The van der Waals surface area contributed by atoms with E-state index in [-0.39, 0.29) is 5.91 Å². The smallest absolute Gasteiger partial charge is 0.254 e. The van der Waals surface area contributed by atoms with Gasteiger partial charge in [-0.25, -0.2) is 0 Å². The van der Waals surface area contributed by atoms with E-state index in [1.54, 1.807) is 6.07 Å². The fourth-order valence-electron chi connectivity index (χ4n) is 2.19. The van der Waals surface area contributed by atoms with Crippen molar-refractivity contribution in [1.29, 1.82) is 0 Å². The van der Waals surface area contributed by atoms with Gasteiger partial charge in [0.05, 0.1) is 5.02 Å². The number of benzene rings is 1. The van der Waals surface area contributed by atoms with Gasteiger partial charge in [0.2, 0.25) is 0 Å². The lowest BCUT2D eigenvalue weighted by Gasteiger charge is -2.33. The number of likely N-dealkylation sites (tertiary alicyclic amines) is 1. The SMILES string of the molecule is CC1CCCCN1C(=O)c1ccc(I)c(Cl)c1. The lowest BCUT2D eigenvalue weighted by Crippen LogP contribution is -2.42. The van der Waals surface area contributed by atoms with Gasteiger partial charge in [-0.05, 0) is 67.0 Å². The van der Waals surface area contributed by atoms with Crippen LogP contribution in [0.1, 0.15) is 36.5 Å². The molecule has 92 valence electrons. The average Bonchev–Trinajstić information content (AvgIpc) is 2.32. The Balaban J connectivity index is 2.21. The van der Waals surface area contributed by atoms with Crippen molar-refractivity contribution < 1.29 is 4.79 Å². The maximum absolute atomic E-state index is 12.3. The summed E-state index contributed by atoms with van der Waals surface area (Å²) in [5.41, 5.74) is 0.698. The van der Waals surface area contributed by atoms with Crippen LogP contribution in [0.5, 0.6) is 0 Å². The molecule has 2 rings (SSSR count). The number of nitrogens with zero attached hydrogens (tertiary/aromatic N) is 1. The molecule has 0 aromatic heterocycles. The third-order valence-electron chi connectivity index (χ3n) is 3.23. The Hall–Kier alpha value is -0.290. The van der Waals surface area contributed by atoms with Crippen LogP contribution in [-0.4, -0.2) is 23.4 Å². The molecule has 2 nitrogen and oxygen atoms in total. The molecule has 1 aliphatic rings. The first-order valence-corrected chi connectivity index (χ1v) is 7.31. The number of hydrogen-bond acceptors (Lipinski definition) is 1. The van der Waals surface area contributed by atoms with E-state index in [2.05, 4.69) is 29.5 Å². The van der Waals surface area contributed by atoms with Crippen molar-refractivity contribution in [3.8, 4) is 0 Å². The van der Waals surface area contributed by atoms with E-state index in [9.17, 15) is 4.79 Å². The second-order valence-electron chi connectivity index (χ2n) is 4.47. The van der Waals surface area contributed by atoms with Crippen molar-refractivity contribution in [3.05, 3.63) is 32.4 Å². The minimum absolute atomic E-state index is 0.107. The first kappa shape index (κ1) is 13.1. The van der Waals surface area contributed by atoms with E-state index < -0.39 is 0 Å². The highest BCUT2D eigenvalue weighted by molar-refractivity contribution is 14.1. The van der Waals surface area contributed by atoms with Crippen molar-refractivity contribution in [2.24, 2.45) is 0 Å². The molecule has 4 heteroatoms. The number of carbonyl (C=O) groups is 1. The van der Waals surface area contributed by atoms with Crippen LogP contribution in [0.25, 0.3) is 0 Å². The summed E-state index contributed by atoms with van der Waals surface area (Å²) in [4.78, 5) is 14.3. The first-order chi connectivity index (χ1) is 8.09. The van der Waals surface area contributed by atoms with E-state index in [1.807, 2.05) is 17.0 Å². The molecule has 1 amide bonds. The Morgan fingerprint density at radius 2 is 2.24 bits per heavy atom. The van der Waals surface area contributed by atoms with Crippen LogP contribution < -0.4 is 0 Å². The van der Waals surface area contributed by atoms with Crippen LogP contribution >= 0.6 is 34.2 Å². The van der Waals surface area contributed by atoms with Crippen molar-refractivity contribution in [2.45, 2.75) is 32.2 Å². The van der Waals surface area contributed by atoms with Gasteiger partial charge in [0, 0.05) is 21.7 Å². The van der Waals surface area contributed by atoms with Crippen molar-refractivity contribution in [3.63, 3.8) is 0 Å². The van der Waals surface area contributed by atoms with Crippen molar-refractivity contribution in [1.82, 2.24) is 4.90 Å². The molecule has 1 aromatic rings. The highest BCUT2D eigenvalue weighted by atomic mass is 127. The second-order valence-corrected chi connectivity index (χ2v) is 6.04. The Labute approximate surface area is 120 Å². The largest absolute Gasteiger partial charge is 0.336 e. The zero-order valence-electron chi connectivity index (χ0n) is 9.75. The zero-order chi connectivity index (χ0) is 12.4. The van der Waals surface area contributed by atoms with Crippen LogP contribution in [0.4, 0.5) is 0 Å². The van der Waals surface area contributed by atoms with Crippen LogP contribution in [0.2, 0.25) is 5.02 Å². The summed E-state index contributed by atoms with van der Waals surface area (Å²) in [7, 11) is 0. The zero-order valence-corrected chi connectivity index (χ0v) is 12.7. The number of rotatable bonds is 1. The molecule has 17 heavy (non-hydrogen) atoms. The predicted octanol–water partition coefficient (Wildman–Crippen LogP) is 3.96. The monoisotopic (exact) mass is 363 g/mol. The highest BCUT2D eigenvalue weighted by Crippen LogP contribution is 2.23. The minimum atomic E-state index is 0.107. The van der Waals surface area contributed by atoms with E-state index in [4.69, 9.17) is 11.6 Å². The van der Waals surface area contributed by atoms with Gasteiger partial charge in [-0.3, -0.25) is 4.79 Å². The number of amides is 1. The van der Waals surface area contributed by atoms with Crippen LogP contribution in [0, 0.1) is 3.57 Å². The molecule has 0 radical (unpaired) electrons. The molecule has 1 fully saturated rings. The molecular weight excluding hydrogens is 349 g/mol. The standard InChI is InChI=1S/C13H15ClINO/c1-9-4-2-3-7-16(9)13(17)10-5-6-12(15)11(14)8-10/h5-6,8-9H,2-4,7H2,1H3. The summed E-state index contributed by atoms with van der Waals surface area (Å²) in [6.45, 7) is 2.98. The lowest BCUT2D eigenvalue weighted by atomic mass is 10.0. The summed E-state index contributed by atoms with van der Waals surface area (Å²) in [5, 5.41) is 0.654. The van der Waals surface area contributed by atoms with Crippen molar-refractivity contribution in [2.75, 3.05) is 6.54 Å². The minimum Gasteiger partial charge on any atom is -0.336 e. The topological polar surface area (TPSA) is 20.3 Å². The number of piperidine rings is 1. The molecule has 0 bridgehead atoms. The van der Waals surface area contributed by atoms with Crippen LogP contribution in [0.15, 0.2) is 18.2 Å². The number of halogens is 2. The quantitative estimate of drug-likeness (QED) is 0.692. The van der Waals surface area contributed by atoms with E-state index in [0.717, 1.165) is 23.0 Å². The van der Waals surface area contributed by atoms with E-state index in [0.29, 0.717) is 16.6 Å². The Morgan fingerprint density at radius 1 is 1.47 bits per heavy atom. The molecule has 1 saturated heterocycles. The molecule has 0 N–H and O–H groups in total. The van der Waals surface area contributed by atoms with Gasteiger partial charge >= 0.3 is 0 Å². The highest BCUT2D eigenvalue weighted by Gasteiger charge is 2.24. The average molecular weight is 364 g/mol. The summed E-state index contributed by atoms with van der Waals surface area (Å²) < 4.78 is 0.979. The third-order valence-corrected chi connectivity index (χ3v) is 4.80. The first-order valence-electron chi connectivity index (χ1n) is 5.85. The summed E-state index contributed by atoms with van der Waals surface area (Å²) in [5.74, 6) is 0.107. The molecule has 1 heterocycles. The molecule has 0 spiro atoms. The molecule has 1 atom stereocenters. The van der Waals surface area contributed by atoms with Gasteiger partial charge in [-0.15, -0.1) is 0 Å².